The van der Waals surface area contributed by atoms with E-state index in [4.69, 9.17) is 0 Å². The summed E-state index contributed by atoms with van der Waals surface area (Å²) < 4.78 is 28.5. The standard InChI is InChI=1S/C15H20N4O3S/c1-11(2)17-23(21,22)13-7-5-6-12(10-13)15(20)18(3)14-8-9-16-19(14)4/h5-11,17H,1-4H3. The first-order valence-electron chi connectivity index (χ1n) is 7.11. The molecule has 0 fully saturated rings. The molecule has 1 aromatic carbocycles. The van der Waals surface area contributed by atoms with Gasteiger partial charge in [-0.2, -0.15) is 5.10 Å². The Morgan fingerprint density at radius 2 is 2.00 bits per heavy atom. The van der Waals surface area contributed by atoms with Crippen LogP contribution < -0.4 is 9.62 Å². The second kappa shape index (κ2) is 6.51. The van der Waals surface area contributed by atoms with Gasteiger partial charge in [0.1, 0.15) is 5.82 Å². The van der Waals surface area contributed by atoms with E-state index >= 15 is 0 Å². The van der Waals surface area contributed by atoms with E-state index in [1.165, 1.54) is 17.0 Å². The molecule has 2 rings (SSSR count). The van der Waals surface area contributed by atoms with Crippen molar-refractivity contribution in [2.45, 2.75) is 24.8 Å². The lowest BCUT2D eigenvalue weighted by molar-refractivity contribution is 0.0991. The summed E-state index contributed by atoms with van der Waals surface area (Å²) in [6, 6.07) is 7.46. The predicted octanol–water partition coefficient (Wildman–Crippen LogP) is 1.38. The van der Waals surface area contributed by atoms with Crippen molar-refractivity contribution in [3.63, 3.8) is 0 Å². The van der Waals surface area contributed by atoms with E-state index in [0.717, 1.165) is 0 Å². The van der Waals surface area contributed by atoms with Crippen LogP contribution in [-0.4, -0.2) is 37.2 Å². The van der Waals surface area contributed by atoms with Crippen molar-refractivity contribution in [1.29, 1.82) is 0 Å². The Morgan fingerprint density at radius 1 is 1.30 bits per heavy atom. The zero-order chi connectivity index (χ0) is 17.2. The number of sulfonamides is 1. The van der Waals surface area contributed by atoms with Crippen LogP contribution in [0.2, 0.25) is 0 Å². The highest BCUT2D eigenvalue weighted by Gasteiger charge is 2.20. The molecular formula is C15H20N4O3S. The SMILES string of the molecule is CC(C)NS(=O)(=O)c1cccc(C(=O)N(C)c2ccnn2C)c1. The van der Waals surface area contributed by atoms with Crippen molar-refractivity contribution in [2.75, 3.05) is 11.9 Å². The number of carbonyl (C=O) groups excluding carboxylic acids is 1. The summed E-state index contributed by atoms with van der Waals surface area (Å²) in [5, 5.41) is 4.02. The molecule has 1 heterocycles. The van der Waals surface area contributed by atoms with Crippen molar-refractivity contribution in [3.8, 4) is 0 Å². The molecule has 1 aromatic heterocycles. The van der Waals surface area contributed by atoms with Crippen LogP contribution in [0.5, 0.6) is 0 Å². The molecule has 0 aliphatic heterocycles. The number of amides is 1. The summed E-state index contributed by atoms with van der Waals surface area (Å²) in [6.07, 6.45) is 1.59. The van der Waals surface area contributed by atoms with Gasteiger partial charge in [-0.3, -0.25) is 14.4 Å². The van der Waals surface area contributed by atoms with E-state index < -0.39 is 10.0 Å². The van der Waals surface area contributed by atoms with Crippen LogP contribution in [-0.2, 0) is 17.1 Å². The quantitative estimate of drug-likeness (QED) is 0.894. The smallest absolute Gasteiger partial charge is 0.259 e. The number of hydrogen-bond donors (Lipinski definition) is 1. The molecule has 23 heavy (non-hydrogen) atoms. The van der Waals surface area contributed by atoms with Crippen LogP contribution in [0.15, 0.2) is 41.4 Å². The average molecular weight is 336 g/mol. The van der Waals surface area contributed by atoms with Gasteiger partial charge in [0.05, 0.1) is 11.1 Å². The third kappa shape index (κ3) is 3.77. The van der Waals surface area contributed by atoms with Gasteiger partial charge < -0.3 is 0 Å². The van der Waals surface area contributed by atoms with Crippen molar-refractivity contribution in [3.05, 3.63) is 42.1 Å². The number of aryl methyl sites for hydroxylation is 1. The molecule has 1 N–H and O–H groups in total. The molecule has 1 amide bonds. The molecule has 0 spiro atoms. The predicted molar refractivity (Wildman–Crippen MR) is 87.8 cm³/mol. The summed E-state index contributed by atoms with van der Waals surface area (Å²) in [6.45, 7) is 3.48. The van der Waals surface area contributed by atoms with Gasteiger partial charge in [-0.05, 0) is 32.0 Å². The van der Waals surface area contributed by atoms with Crippen LogP contribution in [0.4, 0.5) is 5.82 Å². The highest BCUT2D eigenvalue weighted by molar-refractivity contribution is 7.89. The molecule has 0 bridgehead atoms. The number of nitrogens with one attached hydrogen (secondary N) is 1. The molecule has 7 nitrogen and oxygen atoms in total. The monoisotopic (exact) mass is 336 g/mol. The minimum absolute atomic E-state index is 0.0652. The maximum Gasteiger partial charge on any atom is 0.259 e. The Balaban J connectivity index is 2.33. The maximum absolute atomic E-state index is 12.6. The van der Waals surface area contributed by atoms with Crippen LogP contribution in [0.25, 0.3) is 0 Å². The zero-order valence-corrected chi connectivity index (χ0v) is 14.3. The Bertz CT molecular complexity index is 812. The highest BCUT2D eigenvalue weighted by Crippen LogP contribution is 2.17. The van der Waals surface area contributed by atoms with Crippen LogP contribution in [0.1, 0.15) is 24.2 Å². The number of nitrogens with zero attached hydrogens (tertiary/aromatic N) is 3. The minimum Gasteiger partial charge on any atom is -0.296 e. The van der Waals surface area contributed by atoms with Gasteiger partial charge in [0.2, 0.25) is 10.0 Å². The van der Waals surface area contributed by atoms with E-state index in [1.807, 2.05) is 0 Å². The van der Waals surface area contributed by atoms with Gasteiger partial charge in [-0.1, -0.05) is 6.07 Å². The number of anilines is 1. The molecule has 0 aliphatic carbocycles. The fourth-order valence-corrected chi connectivity index (χ4v) is 3.46. The van der Waals surface area contributed by atoms with E-state index in [9.17, 15) is 13.2 Å². The molecular weight excluding hydrogens is 316 g/mol. The Kier molecular flexibility index (Phi) is 4.86. The molecule has 0 aliphatic rings. The third-order valence-electron chi connectivity index (χ3n) is 3.23. The normalized spacial score (nSPS) is 11.7. The molecule has 0 unspecified atom stereocenters. The van der Waals surface area contributed by atoms with Crippen molar-refractivity contribution >= 4 is 21.7 Å². The fraction of sp³-hybridized carbons (Fsp3) is 0.333. The van der Waals surface area contributed by atoms with Gasteiger partial charge in [-0.15, -0.1) is 0 Å². The summed E-state index contributed by atoms with van der Waals surface area (Å²) in [7, 11) is -0.295. The highest BCUT2D eigenvalue weighted by atomic mass is 32.2. The third-order valence-corrected chi connectivity index (χ3v) is 4.88. The van der Waals surface area contributed by atoms with E-state index in [2.05, 4.69) is 9.82 Å². The molecule has 124 valence electrons. The first-order chi connectivity index (χ1) is 10.7. The largest absolute Gasteiger partial charge is 0.296 e. The Morgan fingerprint density at radius 3 is 2.57 bits per heavy atom. The molecule has 0 radical (unpaired) electrons. The first-order valence-corrected chi connectivity index (χ1v) is 8.59. The van der Waals surface area contributed by atoms with E-state index in [1.54, 1.807) is 57.0 Å². The topological polar surface area (TPSA) is 84.3 Å². The Labute approximate surface area is 136 Å². The lowest BCUT2D eigenvalue weighted by Crippen LogP contribution is -2.31. The number of benzene rings is 1. The molecule has 0 saturated heterocycles. The molecule has 8 heteroatoms. The van der Waals surface area contributed by atoms with Gasteiger partial charge in [-0.25, -0.2) is 13.1 Å². The summed E-state index contributed by atoms with van der Waals surface area (Å²) >= 11 is 0. The Hall–Kier alpha value is -2.19. The fourth-order valence-electron chi connectivity index (χ4n) is 2.17. The zero-order valence-electron chi connectivity index (χ0n) is 13.5. The van der Waals surface area contributed by atoms with Crippen molar-refractivity contribution in [1.82, 2.24) is 14.5 Å². The van der Waals surface area contributed by atoms with Gasteiger partial charge in [0, 0.05) is 31.8 Å². The molecule has 0 atom stereocenters. The minimum atomic E-state index is -3.64. The van der Waals surface area contributed by atoms with Crippen LogP contribution in [0.3, 0.4) is 0 Å². The number of carbonyl (C=O) groups is 1. The van der Waals surface area contributed by atoms with Gasteiger partial charge in [0.15, 0.2) is 0 Å². The maximum atomic E-state index is 12.6. The summed E-state index contributed by atoms with van der Waals surface area (Å²) in [4.78, 5) is 14.1. The van der Waals surface area contributed by atoms with E-state index in [-0.39, 0.29) is 16.8 Å². The lowest BCUT2D eigenvalue weighted by Gasteiger charge is -2.17. The number of rotatable bonds is 5. The number of aromatic nitrogens is 2. The van der Waals surface area contributed by atoms with Crippen molar-refractivity contribution < 1.29 is 13.2 Å². The number of hydrogen-bond acceptors (Lipinski definition) is 4. The average Bonchev–Trinajstić information content (AvgIpc) is 2.90. The summed E-state index contributed by atoms with van der Waals surface area (Å²) in [5.74, 6) is 0.304. The summed E-state index contributed by atoms with van der Waals surface area (Å²) in [5.41, 5.74) is 0.292. The van der Waals surface area contributed by atoms with Crippen molar-refractivity contribution in [2.24, 2.45) is 7.05 Å². The second-order valence-electron chi connectivity index (χ2n) is 5.48. The van der Waals surface area contributed by atoms with E-state index in [0.29, 0.717) is 11.4 Å². The van der Waals surface area contributed by atoms with Gasteiger partial charge in [0.25, 0.3) is 5.91 Å². The van der Waals surface area contributed by atoms with Crippen LogP contribution >= 0.6 is 0 Å². The second-order valence-corrected chi connectivity index (χ2v) is 7.19. The van der Waals surface area contributed by atoms with Crippen LogP contribution in [0, 0.1) is 0 Å². The molecule has 2 aromatic rings. The van der Waals surface area contributed by atoms with Gasteiger partial charge >= 0.3 is 0 Å². The first kappa shape index (κ1) is 17.2. The lowest BCUT2D eigenvalue weighted by atomic mass is 10.2. The molecule has 0 saturated carbocycles.